The van der Waals surface area contributed by atoms with Crippen LogP contribution < -0.4 is 0 Å². The third-order valence-corrected chi connectivity index (χ3v) is 2.19. The van der Waals surface area contributed by atoms with Crippen molar-refractivity contribution in [3.8, 4) is 0 Å². The van der Waals surface area contributed by atoms with Crippen molar-refractivity contribution >= 4 is 0 Å². The van der Waals surface area contributed by atoms with Crippen molar-refractivity contribution < 1.29 is 0 Å². The average molecular weight is 175 g/mol. The maximum absolute atomic E-state index is 3.38. The SMILES string of the molecule is CCN([C]c1ccccc1C)CC. The van der Waals surface area contributed by atoms with Crippen molar-refractivity contribution in [2.24, 2.45) is 0 Å². The lowest BCUT2D eigenvalue weighted by Crippen LogP contribution is -2.20. The van der Waals surface area contributed by atoms with E-state index < -0.39 is 0 Å². The Balaban J connectivity index is 2.67. The summed E-state index contributed by atoms with van der Waals surface area (Å²) in [5, 5.41) is 0. The van der Waals surface area contributed by atoms with E-state index >= 15 is 0 Å². The number of benzene rings is 1. The second kappa shape index (κ2) is 5.03. The molecule has 13 heavy (non-hydrogen) atoms. The smallest absolute Gasteiger partial charge is 0.0965 e. The van der Waals surface area contributed by atoms with Gasteiger partial charge >= 0.3 is 0 Å². The Kier molecular flexibility index (Phi) is 3.97. The summed E-state index contributed by atoms with van der Waals surface area (Å²) in [5.74, 6) is 0. The van der Waals surface area contributed by atoms with Crippen LogP contribution in [0.3, 0.4) is 0 Å². The Labute approximate surface area is 81.4 Å². The molecule has 0 spiro atoms. The number of aryl methyl sites for hydroxylation is 1. The van der Waals surface area contributed by atoms with Crippen molar-refractivity contribution in [2.45, 2.75) is 20.8 Å². The summed E-state index contributed by atoms with van der Waals surface area (Å²) < 4.78 is 0. The molecule has 70 valence electrons. The molecule has 0 bridgehead atoms. The molecule has 0 heterocycles. The Hall–Kier alpha value is -0.820. The van der Waals surface area contributed by atoms with Gasteiger partial charge in [0.25, 0.3) is 0 Å². The van der Waals surface area contributed by atoms with Gasteiger partial charge in [0.1, 0.15) is 0 Å². The van der Waals surface area contributed by atoms with E-state index in [0.717, 1.165) is 13.1 Å². The Morgan fingerprint density at radius 1 is 1.15 bits per heavy atom. The van der Waals surface area contributed by atoms with Gasteiger partial charge in [0.2, 0.25) is 0 Å². The van der Waals surface area contributed by atoms with Gasteiger partial charge in [-0.15, -0.1) is 0 Å². The number of nitrogens with zero attached hydrogens (tertiary/aromatic N) is 1. The van der Waals surface area contributed by atoms with Crippen LogP contribution in [0.25, 0.3) is 0 Å². The van der Waals surface area contributed by atoms with Crippen molar-refractivity contribution in [3.63, 3.8) is 0 Å². The zero-order chi connectivity index (χ0) is 9.68. The first-order valence-electron chi connectivity index (χ1n) is 4.85. The monoisotopic (exact) mass is 175 g/mol. The van der Waals surface area contributed by atoms with Gasteiger partial charge in [-0.05, 0) is 31.1 Å². The topological polar surface area (TPSA) is 3.24 Å². The van der Waals surface area contributed by atoms with Crippen molar-refractivity contribution in [1.82, 2.24) is 4.90 Å². The molecule has 0 aliphatic carbocycles. The number of rotatable bonds is 4. The van der Waals surface area contributed by atoms with Crippen LogP contribution in [0.2, 0.25) is 0 Å². The lowest BCUT2D eigenvalue weighted by Gasteiger charge is -2.17. The van der Waals surface area contributed by atoms with Gasteiger partial charge in [0.15, 0.2) is 0 Å². The first-order valence-corrected chi connectivity index (χ1v) is 4.85. The van der Waals surface area contributed by atoms with Gasteiger partial charge in [-0.25, -0.2) is 0 Å². The minimum atomic E-state index is 1.02. The molecule has 1 nitrogen and oxygen atoms in total. The standard InChI is InChI=1S/C12H17N/c1-4-13(5-2)10-12-9-7-6-8-11(12)3/h6-9H,4-5H2,1-3H3. The molecule has 0 aromatic heterocycles. The van der Waals surface area contributed by atoms with E-state index in [-0.39, 0.29) is 0 Å². The molecule has 0 fully saturated rings. The quantitative estimate of drug-likeness (QED) is 0.636. The normalized spacial score (nSPS) is 10.8. The highest BCUT2D eigenvalue weighted by molar-refractivity contribution is 5.31. The molecule has 0 atom stereocenters. The van der Waals surface area contributed by atoms with Crippen LogP contribution in [0.1, 0.15) is 25.0 Å². The minimum Gasteiger partial charge on any atom is -0.290 e. The Morgan fingerprint density at radius 3 is 2.31 bits per heavy atom. The maximum atomic E-state index is 3.38. The summed E-state index contributed by atoms with van der Waals surface area (Å²) in [5.41, 5.74) is 2.49. The van der Waals surface area contributed by atoms with Crippen molar-refractivity contribution in [3.05, 3.63) is 41.9 Å². The fourth-order valence-electron chi connectivity index (χ4n) is 1.25. The van der Waals surface area contributed by atoms with Crippen molar-refractivity contribution in [1.29, 1.82) is 0 Å². The summed E-state index contributed by atoms with van der Waals surface area (Å²) in [4.78, 5) is 2.18. The van der Waals surface area contributed by atoms with E-state index in [1.807, 2.05) is 0 Å². The van der Waals surface area contributed by atoms with Crippen LogP contribution in [0.15, 0.2) is 24.3 Å². The summed E-state index contributed by atoms with van der Waals surface area (Å²) in [6.45, 7) is 11.8. The summed E-state index contributed by atoms with van der Waals surface area (Å²) in [6, 6.07) is 8.33. The van der Waals surface area contributed by atoms with Crippen LogP contribution in [0.4, 0.5) is 0 Å². The predicted molar refractivity (Wildman–Crippen MR) is 56.4 cm³/mol. The molecule has 2 radical (unpaired) electrons. The highest BCUT2D eigenvalue weighted by Gasteiger charge is 2.03. The summed E-state index contributed by atoms with van der Waals surface area (Å²) in [6.07, 6.45) is 0. The van der Waals surface area contributed by atoms with Gasteiger partial charge in [-0.1, -0.05) is 38.1 Å². The molecule has 0 N–H and O–H groups in total. The zero-order valence-corrected chi connectivity index (χ0v) is 8.67. The Morgan fingerprint density at radius 2 is 1.77 bits per heavy atom. The molecule has 1 heteroatoms. The second-order valence-corrected chi connectivity index (χ2v) is 3.10. The lowest BCUT2D eigenvalue weighted by atomic mass is 10.1. The molecular weight excluding hydrogens is 158 g/mol. The van der Waals surface area contributed by atoms with Crippen LogP contribution in [-0.2, 0) is 0 Å². The maximum Gasteiger partial charge on any atom is 0.0965 e. The molecule has 0 aliphatic rings. The minimum absolute atomic E-state index is 1.02. The van der Waals surface area contributed by atoms with Crippen LogP contribution in [-0.4, -0.2) is 18.0 Å². The third kappa shape index (κ3) is 2.85. The lowest BCUT2D eigenvalue weighted by molar-refractivity contribution is 0.383. The number of hydrogen-bond donors (Lipinski definition) is 0. The van der Waals surface area contributed by atoms with Gasteiger partial charge in [0, 0.05) is 0 Å². The first-order chi connectivity index (χ1) is 6.27. The average Bonchev–Trinajstić information content (AvgIpc) is 2.17. The molecule has 0 amide bonds. The van der Waals surface area contributed by atoms with E-state index in [4.69, 9.17) is 0 Å². The highest BCUT2D eigenvalue weighted by Crippen LogP contribution is 2.11. The van der Waals surface area contributed by atoms with E-state index in [9.17, 15) is 0 Å². The van der Waals surface area contributed by atoms with Crippen molar-refractivity contribution in [2.75, 3.05) is 13.1 Å². The third-order valence-electron chi connectivity index (χ3n) is 2.19. The van der Waals surface area contributed by atoms with Gasteiger partial charge < -0.3 is 0 Å². The molecule has 1 rings (SSSR count). The van der Waals surface area contributed by atoms with Gasteiger partial charge in [-0.3, -0.25) is 4.90 Å². The predicted octanol–water partition coefficient (Wildman–Crippen LogP) is 2.72. The first kappa shape index (κ1) is 10.3. The fourth-order valence-corrected chi connectivity index (χ4v) is 1.25. The molecule has 0 aliphatic heterocycles. The molecule has 0 saturated carbocycles. The number of hydrogen-bond acceptors (Lipinski definition) is 1. The Bertz CT molecular complexity index is 251. The molecule has 0 saturated heterocycles. The van der Waals surface area contributed by atoms with Crippen LogP contribution in [0.5, 0.6) is 0 Å². The van der Waals surface area contributed by atoms with E-state index in [0.29, 0.717) is 0 Å². The van der Waals surface area contributed by atoms with E-state index in [2.05, 4.69) is 56.5 Å². The zero-order valence-electron chi connectivity index (χ0n) is 8.67. The highest BCUT2D eigenvalue weighted by atomic mass is 15.1. The van der Waals surface area contributed by atoms with Gasteiger partial charge in [-0.2, -0.15) is 0 Å². The van der Waals surface area contributed by atoms with E-state index in [1.54, 1.807) is 0 Å². The molecular formula is C12H17N. The summed E-state index contributed by atoms with van der Waals surface area (Å²) >= 11 is 0. The van der Waals surface area contributed by atoms with Crippen LogP contribution >= 0.6 is 0 Å². The van der Waals surface area contributed by atoms with E-state index in [1.165, 1.54) is 11.1 Å². The molecule has 0 unspecified atom stereocenters. The summed E-state index contributed by atoms with van der Waals surface area (Å²) in [7, 11) is 0. The largest absolute Gasteiger partial charge is 0.290 e. The van der Waals surface area contributed by atoms with Crippen LogP contribution in [0, 0.1) is 13.5 Å². The molecule has 1 aromatic rings. The fraction of sp³-hybridized carbons (Fsp3) is 0.417. The second-order valence-electron chi connectivity index (χ2n) is 3.10. The molecule has 1 aromatic carbocycles. The van der Waals surface area contributed by atoms with Gasteiger partial charge in [0.05, 0.1) is 6.54 Å².